The Hall–Kier alpha value is -1.16. The lowest BCUT2D eigenvalue weighted by Crippen LogP contribution is -2.43. The molecule has 2 heterocycles. The van der Waals surface area contributed by atoms with Gasteiger partial charge < -0.3 is 10.6 Å². The van der Waals surface area contributed by atoms with E-state index < -0.39 is 0 Å². The van der Waals surface area contributed by atoms with Gasteiger partial charge in [-0.15, -0.1) is 0 Å². The van der Waals surface area contributed by atoms with Crippen molar-refractivity contribution in [3.63, 3.8) is 0 Å². The zero-order valence-corrected chi connectivity index (χ0v) is 10.2. The molecular formula is C13H20N4. The number of hydrogen-bond donors (Lipinski definition) is 1. The summed E-state index contributed by atoms with van der Waals surface area (Å²) in [5.74, 6) is 1.16. The van der Waals surface area contributed by atoms with Crippen LogP contribution < -0.4 is 10.6 Å². The fourth-order valence-electron chi connectivity index (χ4n) is 2.98. The number of piperidine rings is 1. The van der Waals surface area contributed by atoms with Gasteiger partial charge in [-0.25, -0.2) is 9.97 Å². The monoisotopic (exact) mass is 232 g/mol. The first-order chi connectivity index (χ1) is 8.34. The van der Waals surface area contributed by atoms with Gasteiger partial charge in [0, 0.05) is 30.4 Å². The highest BCUT2D eigenvalue weighted by molar-refractivity contribution is 5.50. The largest absolute Gasteiger partial charge is 0.355 e. The summed E-state index contributed by atoms with van der Waals surface area (Å²) in [4.78, 5) is 11.3. The highest BCUT2D eigenvalue weighted by Crippen LogP contribution is 2.28. The minimum atomic E-state index is 0.304. The van der Waals surface area contributed by atoms with E-state index in [0.717, 1.165) is 38.2 Å². The van der Waals surface area contributed by atoms with Crippen LogP contribution in [0.3, 0.4) is 0 Å². The van der Waals surface area contributed by atoms with Gasteiger partial charge in [0.25, 0.3) is 0 Å². The molecule has 1 atom stereocenters. The van der Waals surface area contributed by atoms with Crippen molar-refractivity contribution in [2.24, 2.45) is 5.73 Å². The third kappa shape index (κ3) is 2.14. The highest BCUT2D eigenvalue weighted by Gasteiger charge is 2.23. The van der Waals surface area contributed by atoms with Crippen molar-refractivity contribution in [1.29, 1.82) is 0 Å². The van der Waals surface area contributed by atoms with Gasteiger partial charge in [0.15, 0.2) is 0 Å². The zero-order valence-electron chi connectivity index (χ0n) is 10.2. The molecule has 0 saturated carbocycles. The van der Waals surface area contributed by atoms with E-state index >= 15 is 0 Å². The van der Waals surface area contributed by atoms with E-state index in [4.69, 9.17) is 5.73 Å². The van der Waals surface area contributed by atoms with Crippen LogP contribution in [-0.4, -0.2) is 29.1 Å². The van der Waals surface area contributed by atoms with Gasteiger partial charge >= 0.3 is 0 Å². The standard InChI is InChI=1S/C13H20N4/c14-10-4-3-7-17(8-10)13-11-5-1-2-6-12(11)15-9-16-13/h9-10H,1-8,14H2/t10-/m1/s1. The Labute approximate surface area is 102 Å². The minimum Gasteiger partial charge on any atom is -0.355 e. The van der Waals surface area contributed by atoms with Crippen LogP contribution in [0.1, 0.15) is 36.9 Å². The quantitative estimate of drug-likeness (QED) is 0.792. The van der Waals surface area contributed by atoms with Crippen LogP contribution in [0.5, 0.6) is 0 Å². The second-order valence-corrected chi connectivity index (χ2v) is 5.18. The molecule has 0 bridgehead atoms. The number of aryl methyl sites for hydroxylation is 1. The van der Waals surface area contributed by atoms with Gasteiger partial charge in [0.2, 0.25) is 0 Å². The van der Waals surface area contributed by atoms with Crippen LogP contribution in [0.15, 0.2) is 6.33 Å². The van der Waals surface area contributed by atoms with Crippen LogP contribution >= 0.6 is 0 Å². The fourth-order valence-corrected chi connectivity index (χ4v) is 2.98. The molecule has 0 unspecified atom stereocenters. The number of nitrogens with zero attached hydrogens (tertiary/aromatic N) is 3. The normalized spacial score (nSPS) is 24.5. The molecule has 1 saturated heterocycles. The van der Waals surface area contributed by atoms with Crippen molar-refractivity contribution in [3.8, 4) is 0 Å². The Morgan fingerprint density at radius 2 is 2.06 bits per heavy atom. The van der Waals surface area contributed by atoms with Gasteiger partial charge in [0.05, 0.1) is 0 Å². The van der Waals surface area contributed by atoms with E-state index in [1.165, 1.54) is 30.5 Å². The van der Waals surface area contributed by atoms with Crippen molar-refractivity contribution < 1.29 is 0 Å². The average molecular weight is 232 g/mol. The first kappa shape index (κ1) is 11.0. The summed E-state index contributed by atoms with van der Waals surface area (Å²) >= 11 is 0. The van der Waals surface area contributed by atoms with E-state index in [1.807, 2.05) is 0 Å². The summed E-state index contributed by atoms with van der Waals surface area (Å²) in [7, 11) is 0. The van der Waals surface area contributed by atoms with Gasteiger partial charge in [0.1, 0.15) is 12.1 Å². The Morgan fingerprint density at radius 3 is 2.94 bits per heavy atom. The predicted molar refractivity (Wildman–Crippen MR) is 68.1 cm³/mol. The molecule has 4 heteroatoms. The smallest absolute Gasteiger partial charge is 0.135 e. The molecule has 1 aliphatic carbocycles. The number of rotatable bonds is 1. The Bertz CT molecular complexity index is 404. The summed E-state index contributed by atoms with van der Waals surface area (Å²) in [6, 6.07) is 0.304. The van der Waals surface area contributed by atoms with Gasteiger partial charge in [-0.3, -0.25) is 0 Å². The molecule has 1 fully saturated rings. The Kier molecular flexibility index (Phi) is 2.97. The maximum atomic E-state index is 6.05. The van der Waals surface area contributed by atoms with E-state index in [1.54, 1.807) is 6.33 Å². The van der Waals surface area contributed by atoms with Gasteiger partial charge in [-0.2, -0.15) is 0 Å². The molecular weight excluding hydrogens is 212 g/mol. The molecule has 0 aromatic carbocycles. The molecule has 1 aromatic rings. The summed E-state index contributed by atoms with van der Waals surface area (Å²) < 4.78 is 0. The molecule has 3 rings (SSSR count). The Balaban J connectivity index is 1.91. The van der Waals surface area contributed by atoms with Crippen molar-refractivity contribution in [2.45, 2.75) is 44.6 Å². The summed E-state index contributed by atoms with van der Waals surface area (Å²) in [5, 5.41) is 0. The number of fused-ring (bicyclic) bond motifs is 1. The Morgan fingerprint density at radius 1 is 1.18 bits per heavy atom. The molecule has 2 N–H and O–H groups in total. The summed E-state index contributed by atoms with van der Waals surface area (Å²) in [6.45, 7) is 2.04. The number of hydrogen-bond acceptors (Lipinski definition) is 4. The molecule has 2 aliphatic rings. The van der Waals surface area contributed by atoms with Crippen LogP contribution in [0.2, 0.25) is 0 Å². The van der Waals surface area contributed by atoms with Crippen molar-refractivity contribution in [2.75, 3.05) is 18.0 Å². The zero-order chi connectivity index (χ0) is 11.7. The van der Waals surface area contributed by atoms with E-state index in [2.05, 4.69) is 14.9 Å². The van der Waals surface area contributed by atoms with Crippen LogP contribution in [0, 0.1) is 0 Å². The van der Waals surface area contributed by atoms with Crippen LogP contribution in [-0.2, 0) is 12.8 Å². The lowest BCUT2D eigenvalue weighted by molar-refractivity contribution is 0.500. The third-order valence-corrected chi connectivity index (χ3v) is 3.86. The fraction of sp³-hybridized carbons (Fsp3) is 0.692. The summed E-state index contributed by atoms with van der Waals surface area (Å²) in [5.41, 5.74) is 8.70. The summed E-state index contributed by atoms with van der Waals surface area (Å²) in [6.07, 6.45) is 8.83. The van der Waals surface area contributed by atoms with E-state index in [-0.39, 0.29) is 0 Å². The maximum absolute atomic E-state index is 6.05. The molecule has 1 aliphatic heterocycles. The molecule has 0 radical (unpaired) electrons. The van der Waals surface area contributed by atoms with Gasteiger partial charge in [-0.05, 0) is 38.5 Å². The second kappa shape index (κ2) is 4.61. The molecule has 0 amide bonds. The highest BCUT2D eigenvalue weighted by atomic mass is 15.2. The topological polar surface area (TPSA) is 55.0 Å². The van der Waals surface area contributed by atoms with Crippen LogP contribution in [0.4, 0.5) is 5.82 Å². The van der Waals surface area contributed by atoms with E-state index in [0.29, 0.717) is 6.04 Å². The SMILES string of the molecule is N[C@@H]1CCCN(c2ncnc3c2CCCC3)C1. The number of aromatic nitrogens is 2. The lowest BCUT2D eigenvalue weighted by Gasteiger charge is -2.33. The predicted octanol–water partition coefficient (Wildman–Crippen LogP) is 1.28. The van der Waals surface area contributed by atoms with Crippen molar-refractivity contribution in [3.05, 3.63) is 17.6 Å². The number of nitrogens with two attached hydrogens (primary N) is 1. The second-order valence-electron chi connectivity index (χ2n) is 5.18. The van der Waals surface area contributed by atoms with Gasteiger partial charge in [-0.1, -0.05) is 0 Å². The van der Waals surface area contributed by atoms with Crippen molar-refractivity contribution >= 4 is 5.82 Å². The molecule has 4 nitrogen and oxygen atoms in total. The molecule has 92 valence electrons. The third-order valence-electron chi connectivity index (χ3n) is 3.86. The molecule has 17 heavy (non-hydrogen) atoms. The molecule has 0 spiro atoms. The first-order valence-corrected chi connectivity index (χ1v) is 6.68. The minimum absolute atomic E-state index is 0.304. The van der Waals surface area contributed by atoms with Crippen molar-refractivity contribution in [1.82, 2.24) is 9.97 Å². The number of anilines is 1. The maximum Gasteiger partial charge on any atom is 0.135 e. The van der Waals surface area contributed by atoms with Crippen LogP contribution in [0.25, 0.3) is 0 Å². The van der Waals surface area contributed by atoms with E-state index in [9.17, 15) is 0 Å². The molecule has 1 aromatic heterocycles. The lowest BCUT2D eigenvalue weighted by atomic mass is 9.95. The first-order valence-electron chi connectivity index (χ1n) is 6.68. The average Bonchev–Trinajstić information content (AvgIpc) is 2.38.